The Morgan fingerprint density at radius 1 is 1.00 bits per heavy atom. The largest absolute Gasteiger partial charge is 0.294 e. The second kappa shape index (κ2) is 5.97. The molecule has 0 saturated carbocycles. The SMILES string of the molecule is O=C(CCC(=O)c1ccc2sccc2c1)c1cccnc1. The first-order valence-electron chi connectivity index (χ1n) is 6.68. The lowest BCUT2D eigenvalue weighted by Crippen LogP contribution is -2.05. The predicted octanol–water partition coefficient (Wildman–Crippen LogP) is 4.14. The van der Waals surface area contributed by atoms with Gasteiger partial charge in [-0.15, -0.1) is 11.3 Å². The van der Waals surface area contributed by atoms with Crippen LogP contribution in [-0.4, -0.2) is 16.6 Å². The minimum absolute atomic E-state index is 0.000315. The van der Waals surface area contributed by atoms with E-state index in [4.69, 9.17) is 0 Å². The van der Waals surface area contributed by atoms with Crippen LogP contribution in [0.1, 0.15) is 33.6 Å². The molecule has 0 spiro atoms. The van der Waals surface area contributed by atoms with Crippen LogP contribution in [-0.2, 0) is 0 Å². The van der Waals surface area contributed by atoms with Crippen LogP contribution in [0.5, 0.6) is 0 Å². The second-order valence-electron chi connectivity index (χ2n) is 4.76. The molecule has 0 radical (unpaired) electrons. The highest BCUT2D eigenvalue weighted by molar-refractivity contribution is 7.17. The number of ketones is 2. The van der Waals surface area contributed by atoms with Crippen molar-refractivity contribution < 1.29 is 9.59 Å². The summed E-state index contributed by atoms with van der Waals surface area (Å²) in [5.41, 5.74) is 1.22. The molecule has 2 aromatic heterocycles. The summed E-state index contributed by atoms with van der Waals surface area (Å²) in [6, 6.07) is 11.1. The van der Waals surface area contributed by atoms with Crippen molar-refractivity contribution in [2.45, 2.75) is 12.8 Å². The van der Waals surface area contributed by atoms with E-state index in [1.54, 1.807) is 29.7 Å². The minimum Gasteiger partial charge on any atom is -0.294 e. The summed E-state index contributed by atoms with van der Waals surface area (Å²) in [6.07, 6.45) is 3.60. The maximum atomic E-state index is 12.2. The zero-order valence-electron chi connectivity index (χ0n) is 11.3. The van der Waals surface area contributed by atoms with Crippen molar-refractivity contribution in [3.05, 3.63) is 65.3 Å². The van der Waals surface area contributed by atoms with Gasteiger partial charge in [0.25, 0.3) is 0 Å². The summed E-state index contributed by atoms with van der Waals surface area (Å²) < 4.78 is 1.16. The molecule has 21 heavy (non-hydrogen) atoms. The average Bonchev–Trinajstić information content (AvgIpc) is 3.00. The van der Waals surface area contributed by atoms with Gasteiger partial charge in [0, 0.05) is 41.1 Å². The number of hydrogen-bond donors (Lipinski definition) is 0. The highest BCUT2D eigenvalue weighted by Crippen LogP contribution is 2.22. The van der Waals surface area contributed by atoms with E-state index in [-0.39, 0.29) is 24.4 Å². The number of nitrogens with zero attached hydrogens (tertiary/aromatic N) is 1. The summed E-state index contributed by atoms with van der Waals surface area (Å²) in [5, 5.41) is 3.08. The highest BCUT2D eigenvalue weighted by Gasteiger charge is 2.11. The summed E-state index contributed by atoms with van der Waals surface area (Å²) in [6.45, 7) is 0. The molecule has 3 rings (SSSR count). The molecule has 4 heteroatoms. The number of rotatable bonds is 5. The third kappa shape index (κ3) is 3.06. The van der Waals surface area contributed by atoms with Crippen molar-refractivity contribution in [2.75, 3.05) is 0 Å². The minimum atomic E-state index is -0.0481. The van der Waals surface area contributed by atoms with E-state index in [1.165, 1.54) is 6.20 Å². The zero-order valence-corrected chi connectivity index (χ0v) is 12.1. The lowest BCUT2D eigenvalue weighted by Gasteiger charge is -2.02. The molecule has 0 saturated heterocycles. The van der Waals surface area contributed by atoms with Gasteiger partial charge >= 0.3 is 0 Å². The van der Waals surface area contributed by atoms with Crippen molar-refractivity contribution >= 4 is 33.0 Å². The van der Waals surface area contributed by atoms with Gasteiger partial charge in [-0.2, -0.15) is 0 Å². The Balaban J connectivity index is 1.67. The van der Waals surface area contributed by atoms with Crippen molar-refractivity contribution in [1.29, 1.82) is 0 Å². The Morgan fingerprint density at radius 2 is 1.81 bits per heavy atom. The fraction of sp³-hybridized carbons (Fsp3) is 0.118. The monoisotopic (exact) mass is 295 g/mol. The van der Waals surface area contributed by atoms with Crippen molar-refractivity contribution in [2.24, 2.45) is 0 Å². The number of aromatic nitrogens is 1. The molecule has 0 bridgehead atoms. The quantitative estimate of drug-likeness (QED) is 0.664. The molecular formula is C17H13NO2S. The maximum absolute atomic E-state index is 12.2. The van der Waals surface area contributed by atoms with Gasteiger partial charge < -0.3 is 0 Å². The molecule has 3 nitrogen and oxygen atoms in total. The molecule has 1 aromatic carbocycles. The van der Waals surface area contributed by atoms with Crippen LogP contribution in [0.25, 0.3) is 10.1 Å². The third-order valence-electron chi connectivity index (χ3n) is 3.34. The number of thiophene rings is 1. The summed E-state index contributed by atoms with van der Waals surface area (Å²) in [4.78, 5) is 28.1. The van der Waals surface area contributed by atoms with E-state index < -0.39 is 0 Å². The second-order valence-corrected chi connectivity index (χ2v) is 5.71. The van der Waals surface area contributed by atoms with Gasteiger partial charge in [0.2, 0.25) is 0 Å². The number of hydrogen-bond acceptors (Lipinski definition) is 4. The van der Waals surface area contributed by atoms with Crippen LogP contribution in [0.2, 0.25) is 0 Å². The highest BCUT2D eigenvalue weighted by atomic mass is 32.1. The van der Waals surface area contributed by atoms with Crippen LogP contribution in [0.4, 0.5) is 0 Å². The first kappa shape index (κ1) is 13.6. The number of Topliss-reactive ketones (excluding diaryl/α,β-unsaturated/α-hetero) is 2. The normalized spacial score (nSPS) is 10.7. The molecule has 0 amide bonds. The zero-order chi connectivity index (χ0) is 14.7. The molecule has 0 atom stereocenters. The number of carbonyl (C=O) groups excluding carboxylic acids is 2. The van der Waals surface area contributed by atoms with Crippen LogP contribution in [0.3, 0.4) is 0 Å². The van der Waals surface area contributed by atoms with Crippen LogP contribution >= 0.6 is 11.3 Å². The number of fused-ring (bicyclic) bond motifs is 1. The Bertz CT molecular complexity index is 793. The molecule has 0 aliphatic carbocycles. The van der Waals surface area contributed by atoms with Gasteiger partial charge in [-0.3, -0.25) is 14.6 Å². The van der Waals surface area contributed by atoms with Crippen LogP contribution in [0, 0.1) is 0 Å². The number of pyridine rings is 1. The van der Waals surface area contributed by atoms with Crippen molar-refractivity contribution in [3.8, 4) is 0 Å². The first-order valence-corrected chi connectivity index (χ1v) is 7.56. The summed E-state index contributed by atoms with van der Waals surface area (Å²) in [5.74, 6) is -0.0478. The Morgan fingerprint density at radius 3 is 2.57 bits per heavy atom. The summed E-state index contributed by atoms with van der Waals surface area (Å²) >= 11 is 1.65. The Kier molecular flexibility index (Phi) is 3.88. The lowest BCUT2D eigenvalue weighted by atomic mass is 10.0. The molecule has 2 heterocycles. The van der Waals surface area contributed by atoms with E-state index in [2.05, 4.69) is 4.98 Å². The molecule has 0 fully saturated rings. The number of benzene rings is 1. The Labute approximate surface area is 126 Å². The first-order chi connectivity index (χ1) is 10.2. The van der Waals surface area contributed by atoms with E-state index >= 15 is 0 Å². The van der Waals surface area contributed by atoms with Crippen LogP contribution < -0.4 is 0 Å². The van der Waals surface area contributed by atoms with Crippen molar-refractivity contribution in [1.82, 2.24) is 4.98 Å². The standard InChI is InChI=1S/C17H13NO2S/c19-15(4-5-16(20)14-2-1-8-18-11-14)12-3-6-17-13(10-12)7-9-21-17/h1-3,6-11H,4-5H2. The third-order valence-corrected chi connectivity index (χ3v) is 4.23. The fourth-order valence-corrected chi connectivity index (χ4v) is 2.95. The maximum Gasteiger partial charge on any atom is 0.164 e. The van der Waals surface area contributed by atoms with Crippen LogP contribution in [0.15, 0.2) is 54.2 Å². The van der Waals surface area contributed by atoms with Crippen molar-refractivity contribution in [3.63, 3.8) is 0 Å². The van der Waals surface area contributed by atoms with Gasteiger partial charge in [-0.1, -0.05) is 0 Å². The Hall–Kier alpha value is -2.33. The topological polar surface area (TPSA) is 47.0 Å². The van der Waals surface area contributed by atoms with E-state index in [1.807, 2.05) is 29.6 Å². The van der Waals surface area contributed by atoms with E-state index in [9.17, 15) is 9.59 Å². The fourth-order valence-electron chi connectivity index (χ4n) is 2.18. The van der Waals surface area contributed by atoms with Gasteiger partial charge in [0.05, 0.1) is 0 Å². The van der Waals surface area contributed by atoms with E-state index in [0.717, 1.165) is 10.1 Å². The lowest BCUT2D eigenvalue weighted by molar-refractivity contribution is 0.0917. The van der Waals surface area contributed by atoms with E-state index in [0.29, 0.717) is 11.1 Å². The molecule has 0 unspecified atom stereocenters. The average molecular weight is 295 g/mol. The number of carbonyl (C=O) groups is 2. The van der Waals surface area contributed by atoms with Gasteiger partial charge in [0.15, 0.2) is 11.6 Å². The molecule has 3 aromatic rings. The molecule has 104 valence electrons. The van der Waals surface area contributed by atoms with Gasteiger partial charge in [0.1, 0.15) is 0 Å². The summed E-state index contributed by atoms with van der Waals surface area (Å²) in [7, 11) is 0. The molecule has 0 aliphatic heterocycles. The smallest absolute Gasteiger partial charge is 0.164 e. The van der Waals surface area contributed by atoms with Gasteiger partial charge in [-0.25, -0.2) is 0 Å². The molecule has 0 N–H and O–H groups in total. The molecule has 0 aliphatic rings. The molecular weight excluding hydrogens is 282 g/mol. The van der Waals surface area contributed by atoms with Gasteiger partial charge in [-0.05, 0) is 47.2 Å². The predicted molar refractivity (Wildman–Crippen MR) is 84.0 cm³/mol.